The van der Waals surface area contributed by atoms with Crippen molar-refractivity contribution in [2.24, 2.45) is 0 Å². The molecule has 0 aliphatic heterocycles. The first-order valence-electron chi connectivity index (χ1n) is 6.14. The minimum atomic E-state index is -3.68. The highest BCUT2D eigenvalue weighted by atomic mass is 35.5. The number of pyridine rings is 1. The van der Waals surface area contributed by atoms with Crippen LogP contribution in [-0.4, -0.2) is 20.5 Å². The van der Waals surface area contributed by atoms with Crippen molar-refractivity contribution < 1.29 is 13.2 Å². The number of anilines is 1. The minimum Gasteiger partial charge on any atom is -0.496 e. The van der Waals surface area contributed by atoms with Gasteiger partial charge >= 0.3 is 0 Å². The van der Waals surface area contributed by atoms with Gasteiger partial charge in [-0.2, -0.15) is 0 Å². The fourth-order valence-corrected chi connectivity index (χ4v) is 3.25. The maximum Gasteiger partial charge on any atom is 0.261 e. The average molecular weight is 327 g/mol. The summed E-state index contributed by atoms with van der Waals surface area (Å²) in [4.78, 5) is 4.18. The summed E-state index contributed by atoms with van der Waals surface area (Å²) >= 11 is 5.76. The number of aromatic nitrogens is 1. The van der Waals surface area contributed by atoms with Gasteiger partial charge in [-0.05, 0) is 49.7 Å². The van der Waals surface area contributed by atoms with Crippen molar-refractivity contribution >= 4 is 27.3 Å². The molecule has 0 fully saturated rings. The van der Waals surface area contributed by atoms with E-state index in [2.05, 4.69) is 9.71 Å². The molecule has 2 aromatic rings. The number of halogens is 1. The molecule has 0 atom stereocenters. The van der Waals surface area contributed by atoms with Crippen LogP contribution in [0.5, 0.6) is 5.75 Å². The van der Waals surface area contributed by atoms with E-state index in [0.29, 0.717) is 22.3 Å². The summed E-state index contributed by atoms with van der Waals surface area (Å²) in [7, 11) is -2.15. The Morgan fingerprint density at radius 3 is 2.48 bits per heavy atom. The van der Waals surface area contributed by atoms with E-state index in [1.807, 2.05) is 0 Å². The minimum absolute atomic E-state index is 0.162. The number of rotatable bonds is 4. The summed E-state index contributed by atoms with van der Waals surface area (Å²) < 4.78 is 32.4. The maximum atomic E-state index is 12.4. The normalized spacial score (nSPS) is 11.2. The lowest BCUT2D eigenvalue weighted by Gasteiger charge is -2.12. The van der Waals surface area contributed by atoms with Crippen molar-refractivity contribution in [1.82, 2.24) is 4.98 Å². The van der Waals surface area contributed by atoms with E-state index >= 15 is 0 Å². The van der Waals surface area contributed by atoms with Gasteiger partial charge in [0.25, 0.3) is 10.0 Å². The molecule has 0 saturated heterocycles. The SMILES string of the molecule is COc1ccc(S(=O)(=O)Nc2ccc(Cl)nc2C)cc1C. The lowest BCUT2D eigenvalue weighted by molar-refractivity contribution is 0.411. The van der Waals surface area contributed by atoms with Crippen LogP contribution in [0.15, 0.2) is 35.2 Å². The summed E-state index contributed by atoms with van der Waals surface area (Å²) in [6.07, 6.45) is 0. The highest BCUT2D eigenvalue weighted by Gasteiger charge is 2.17. The number of nitrogens with zero attached hydrogens (tertiary/aromatic N) is 1. The third-order valence-electron chi connectivity index (χ3n) is 2.97. The number of methoxy groups -OCH3 is 1. The Balaban J connectivity index is 2.36. The second kappa shape index (κ2) is 5.91. The van der Waals surface area contributed by atoms with E-state index in [-0.39, 0.29) is 4.90 Å². The average Bonchev–Trinajstić information content (AvgIpc) is 2.42. The molecule has 0 saturated carbocycles. The van der Waals surface area contributed by atoms with Gasteiger partial charge in [0, 0.05) is 0 Å². The van der Waals surface area contributed by atoms with Crippen molar-refractivity contribution in [3.8, 4) is 5.75 Å². The van der Waals surface area contributed by atoms with Crippen LogP contribution >= 0.6 is 11.6 Å². The van der Waals surface area contributed by atoms with Crippen LogP contribution in [-0.2, 0) is 10.0 Å². The standard InChI is InChI=1S/C14H15ClN2O3S/c1-9-8-11(4-6-13(9)20-3)21(18,19)17-12-5-7-14(15)16-10(12)2/h4-8,17H,1-3H3. The van der Waals surface area contributed by atoms with Gasteiger partial charge in [-0.25, -0.2) is 13.4 Å². The number of aryl methyl sites for hydroxylation is 2. The number of nitrogens with one attached hydrogen (secondary N) is 1. The lowest BCUT2D eigenvalue weighted by Crippen LogP contribution is -2.14. The van der Waals surface area contributed by atoms with Gasteiger partial charge in [0.15, 0.2) is 0 Å². The molecular weight excluding hydrogens is 312 g/mol. The first-order valence-corrected chi connectivity index (χ1v) is 8.00. The van der Waals surface area contributed by atoms with E-state index in [1.54, 1.807) is 32.0 Å². The molecule has 0 aliphatic carbocycles. The topological polar surface area (TPSA) is 68.3 Å². The first kappa shape index (κ1) is 15.6. The Hall–Kier alpha value is -1.79. The Kier molecular flexibility index (Phi) is 4.39. The molecular formula is C14H15ClN2O3S. The van der Waals surface area contributed by atoms with Gasteiger partial charge in [-0.3, -0.25) is 4.72 Å². The fourth-order valence-electron chi connectivity index (χ4n) is 1.86. The second-order valence-electron chi connectivity index (χ2n) is 4.50. The molecule has 112 valence electrons. The molecule has 0 amide bonds. The zero-order chi connectivity index (χ0) is 15.6. The molecule has 2 rings (SSSR count). The molecule has 1 heterocycles. The lowest BCUT2D eigenvalue weighted by atomic mass is 10.2. The van der Waals surface area contributed by atoms with Gasteiger partial charge in [0.2, 0.25) is 0 Å². The molecule has 1 aromatic carbocycles. The molecule has 21 heavy (non-hydrogen) atoms. The zero-order valence-corrected chi connectivity index (χ0v) is 13.4. The predicted molar refractivity (Wildman–Crippen MR) is 82.5 cm³/mol. The number of hydrogen-bond acceptors (Lipinski definition) is 4. The Labute approximate surface area is 129 Å². The van der Waals surface area contributed by atoms with Crippen LogP contribution in [0.25, 0.3) is 0 Å². The van der Waals surface area contributed by atoms with Crippen molar-refractivity contribution in [2.75, 3.05) is 11.8 Å². The highest BCUT2D eigenvalue weighted by molar-refractivity contribution is 7.92. The largest absolute Gasteiger partial charge is 0.496 e. The van der Waals surface area contributed by atoms with Gasteiger partial charge in [-0.15, -0.1) is 0 Å². The van der Waals surface area contributed by atoms with E-state index in [4.69, 9.17) is 16.3 Å². The summed E-state index contributed by atoms with van der Waals surface area (Å²) in [5, 5.41) is 0.315. The molecule has 5 nitrogen and oxygen atoms in total. The van der Waals surface area contributed by atoms with E-state index in [0.717, 1.165) is 5.56 Å². The predicted octanol–water partition coefficient (Wildman–Crippen LogP) is 3.16. The summed E-state index contributed by atoms with van der Waals surface area (Å²) in [6, 6.07) is 7.79. The van der Waals surface area contributed by atoms with Crippen molar-refractivity contribution in [1.29, 1.82) is 0 Å². The molecule has 0 aliphatic rings. The maximum absolute atomic E-state index is 12.4. The first-order chi connectivity index (χ1) is 9.83. The monoisotopic (exact) mass is 326 g/mol. The number of benzene rings is 1. The van der Waals surface area contributed by atoms with Gasteiger partial charge in [0.1, 0.15) is 10.9 Å². The van der Waals surface area contributed by atoms with Crippen LogP contribution in [0.4, 0.5) is 5.69 Å². The Bertz CT molecular complexity index is 776. The van der Waals surface area contributed by atoms with Crippen LogP contribution < -0.4 is 9.46 Å². The number of sulfonamides is 1. The van der Waals surface area contributed by atoms with Crippen LogP contribution in [0.3, 0.4) is 0 Å². The smallest absolute Gasteiger partial charge is 0.261 e. The van der Waals surface area contributed by atoms with Gasteiger partial charge in [-0.1, -0.05) is 11.6 Å². The molecule has 0 spiro atoms. The molecule has 0 unspecified atom stereocenters. The molecule has 0 bridgehead atoms. The van der Waals surface area contributed by atoms with Crippen molar-refractivity contribution in [3.63, 3.8) is 0 Å². The van der Waals surface area contributed by atoms with Gasteiger partial charge in [0.05, 0.1) is 23.4 Å². The summed E-state index contributed by atoms with van der Waals surface area (Å²) in [6.45, 7) is 3.47. The summed E-state index contributed by atoms with van der Waals surface area (Å²) in [5.41, 5.74) is 1.65. The second-order valence-corrected chi connectivity index (χ2v) is 6.57. The fraction of sp³-hybridized carbons (Fsp3) is 0.214. The van der Waals surface area contributed by atoms with Crippen LogP contribution in [0, 0.1) is 13.8 Å². The molecule has 1 aromatic heterocycles. The van der Waals surface area contributed by atoms with Crippen LogP contribution in [0.1, 0.15) is 11.3 Å². The Morgan fingerprint density at radius 2 is 1.90 bits per heavy atom. The van der Waals surface area contributed by atoms with E-state index < -0.39 is 10.0 Å². The number of ether oxygens (including phenoxy) is 1. The van der Waals surface area contributed by atoms with Crippen LogP contribution in [0.2, 0.25) is 5.15 Å². The number of hydrogen-bond donors (Lipinski definition) is 1. The van der Waals surface area contributed by atoms with Gasteiger partial charge < -0.3 is 4.74 Å². The highest BCUT2D eigenvalue weighted by Crippen LogP contribution is 2.24. The van der Waals surface area contributed by atoms with E-state index in [1.165, 1.54) is 19.2 Å². The third-order valence-corrected chi connectivity index (χ3v) is 4.55. The molecule has 0 radical (unpaired) electrons. The molecule has 1 N–H and O–H groups in total. The summed E-state index contributed by atoms with van der Waals surface area (Å²) in [5.74, 6) is 0.637. The van der Waals surface area contributed by atoms with Crippen molar-refractivity contribution in [2.45, 2.75) is 18.7 Å². The zero-order valence-electron chi connectivity index (χ0n) is 11.8. The quantitative estimate of drug-likeness (QED) is 0.876. The Morgan fingerprint density at radius 1 is 1.19 bits per heavy atom. The molecule has 7 heteroatoms. The van der Waals surface area contributed by atoms with E-state index in [9.17, 15) is 8.42 Å². The third kappa shape index (κ3) is 3.46. The van der Waals surface area contributed by atoms with Crippen molar-refractivity contribution in [3.05, 3.63) is 46.7 Å².